The van der Waals surface area contributed by atoms with Gasteiger partial charge in [0.05, 0.1) is 5.56 Å². The van der Waals surface area contributed by atoms with E-state index in [-0.39, 0.29) is 11.7 Å². The number of nitrogens with one attached hydrogen (secondary N) is 1. The van der Waals surface area contributed by atoms with Gasteiger partial charge < -0.3 is 10.4 Å². The van der Waals surface area contributed by atoms with E-state index in [0.29, 0.717) is 17.5 Å². The van der Waals surface area contributed by atoms with Crippen LogP contribution in [0.15, 0.2) is 24.3 Å². The average molecular weight is 231 g/mol. The predicted molar refractivity (Wildman–Crippen MR) is 64.8 cm³/mol. The summed E-state index contributed by atoms with van der Waals surface area (Å²) in [5.41, 5.74) is 0.385. The van der Waals surface area contributed by atoms with E-state index in [4.69, 9.17) is 0 Å². The smallest absolute Gasteiger partial charge is 0.255 e. The van der Waals surface area contributed by atoms with Crippen molar-refractivity contribution in [3.05, 3.63) is 29.8 Å². The van der Waals surface area contributed by atoms with Crippen LogP contribution in [0.1, 0.15) is 36.0 Å². The number of benzene rings is 1. The number of phenols is 1. The Balaban J connectivity index is 1.70. The molecule has 2 N–H and O–H groups in total. The summed E-state index contributed by atoms with van der Waals surface area (Å²) in [7, 11) is 0. The molecule has 0 saturated heterocycles. The molecule has 3 rings (SSSR count). The average Bonchev–Trinajstić information content (AvgIpc) is 2.91. The highest BCUT2D eigenvalue weighted by molar-refractivity contribution is 5.96. The van der Waals surface area contributed by atoms with Gasteiger partial charge in [0.15, 0.2) is 0 Å². The molecule has 2 bridgehead atoms. The quantitative estimate of drug-likeness (QED) is 0.820. The molecule has 2 aliphatic carbocycles. The third-order valence-corrected chi connectivity index (χ3v) is 4.20. The van der Waals surface area contributed by atoms with Gasteiger partial charge in [0.25, 0.3) is 5.91 Å². The summed E-state index contributed by atoms with van der Waals surface area (Å²) in [6.45, 7) is 0. The second kappa shape index (κ2) is 4.06. The molecule has 3 unspecified atom stereocenters. The maximum Gasteiger partial charge on any atom is 0.255 e. The first-order valence-electron chi connectivity index (χ1n) is 6.33. The molecule has 1 aromatic rings. The van der Waals surface area contributed by atoms with Crippen molar-refractivity contribution in [2.45, 2.75) is 31.7 Å². The van der Waals surface area contributed by atoms with Gasteiger partial charge in [-0.3, -0.25) is 4.79 Å². The van der Waals surface area contributed by atoms with E-state index in [9.17, 15) is 9.90 Å². The lowest BCUT2D eigenvalue weighted by Gasteiger charge is -2.23. The molecule has 90 valence electrons. The summed E-state index contributed by atoms with van der Waals surface area (Å²) in [6.07, 6.45) is 4.96. The molecule has 0 radical (unpaired) electrons. The monoisotopic (exact) mass is 231 g/mol. The highest BCUT2D eigenvalue weighted by atomic mass is 16.3. The predicted octanol–water partition coefficient (Wildman–Crippen LogP) is 2.31. The lowest BCUT2D eigenvalue weighted by atomic mass is 9.95. The van der Waals surface area contributed by atoms with Gasteiger partial charge in [-0.2, -0.15) is 0 Å². The fraction of sp³-hybridized carbons (Fsp3) is 0.500. The van der Waals surface area contributed by atoms with Gasteiger partial charge in [-0.25, -0.2) is 0 Å². The van der Waals surface area contributed by atoms with Crippen LogP contribution in [-0.4, -0.2) is 17.1 Å². The summed E-state index contributed by atoms with van der Waals surface area (Å²) in [6, 6.07) is 7.04. The van der Waals surface area contributed by atoms with Crippen LogP contribution in [0.3, 0.4) is 0 Å². The van der Waals surface area contributed by atoms with Crippen LogP contribution < -0.4 is 5.32 Å². The SMILES string of the molecule is O=C(NC1CC2CCC1C2)c1ccccc1O. The molecule has 2 fully saturated rings. The summed E-state index contributed by atoms with van der Waals surface area (Å²) in [4.78, 5) is 12.0. The van der Waals surface area contributed by atoms with Crippen molar-refractivity contribution in [2.75, 3.05) is 0 Å². The number of carbonyl (C=O) groups is 1. The number of rotatable bonds is 2. The summed E-state index contributed by atoms with van der Waals surface area (Å²) in [5.74, 6) is 1.40. The molecule has 3 nitrogen and oxygen atoms in total. The Bertz CT molecular complexity index is 444. The Hall–Kier alpha value is -1.51. The highest BCUT2D eigenvalue weighted by Crippen LogP contribution is 2.44. The van der Waals surface area contributed by atoms with E-state index >= 15 is 0 Å². The normalized spacial score (nSPS) is 30.5. The molecule has 2 saturated carbocycles. The van der Waals surface area contributed by atoms with Crippen molar-refractivity contribution in [3.8, 4) is 5.75 Å². The number of fused-ring (bicyclic) bond motifs is 2. The standard InChI is InChI=1S/C14H17NO2/c16-13-4-2-1-3-11(13)14(17)15-12-8-9-5-6-10(12)7-9/h1-4,9-10,12,16H,5-8H2,(H,15,17). The number of amides is 1. The van der Waals surface area contributed by atoms with E-state index in [1.54, 1.807) is 24.3 Å². The first-order chi connectivity index (χ1) is 8.24. The maximum absolute atomic E-state index is 12.0. The summed E-state index contributed by atoms with van der Waals surface area (Å²) in [5, 5.41) is 12.7. The summed E-state index contributed by atoms with van der Waals surface area (Å²) >= 11 is 0. The lowest BCUT2D eigenvalue weighted by molar-refractivity contribution is 0.0920. The number of hydrogen-bond donors (Lipinski definition) is 2. The first kappa shape index (κ1) is 10.6. The zero-order valence-corrected chi connectivity index (χ0v) is 9.73. The Morgan fingerprint density at radius 2 is 2.06 bits per heavy atom. The van der Waals surface area contributed by atoms with Crippen molar-refractivity contribution in [2.24, 2.45) is 11.8 Å². The maximum atomic E-state index is 12.0. The Morgan fingerprint density at radius 3 is 2.71 bits per heavy atom. The minimum Gasteiger partial charge on any atom is -0.507 e. The Labute approximate surface area is 101 Å². The Kier molecular flexibility index (Phi) is 2.54. The minimum atomic E-state index is -0.138. The van der Waals surface area contributed by atoms with Crippen molar-refractivity contribution in [1.82, 2.24) is 5.32 Å². The van der Waals surface area contributed by atoms with Crippen LogP contribution >= 0.6 is 0 Å². The number of phenolic OH excluding ortho intramolecular Hbond substituents is 1. The largest absolute Gasteiger partial charge is 0.507 e. The lowest BCUT2D eigenvalue weighted by Crippen LogP contribution is -2.38. The molecule has 3 atom stereocenters. The number of aromatic hydroxyl groups is 1. The van der Waals surface area contributed by atoms with E-state index in [1.165, 1.54) is 19.3 Å². The zero-order chi connectivity index (χ0) is 11.8. The molecule has 0 spiro atoms. The molecule has 2 aliphatic rings. The van der Waals surface area contributed by atoms with Gasteiger partial charge in [-0.15, -0.1) is 0 Å². The molecule has 3 heteroatoms. The van der Waals surface area contributed by atoms with Crippen molar-refractivity contribution < 1.29 is 9.90 Å². The molecule has 17 heavy (non-hydrogen) atoms. The number of carbonyl (C=O) groups excluding carboxylic acids is 1. The molecule has 1 amide bonds. The van der Waals surface area contributed by atoms with E-state index in [2.05, 4.69) is 5.32 Å². The highest BCUT2D eigenvalue weighted by Gasteiger charge is 2.40. The molecule has 0 heterocycles. The van der Waals surface area contributed by atoms with Gasteiger partial charge >= 0.3 is 0 Å². The zero-order valence-electron chi connectivity index (χ0n) is 9.73. The first-order valence-corrected chi connectivity index (χ1v) is 6.33. The van der Waals surface area contributed by atoms with Crippen LogP contribution in [-0.2, 0) is 0 Å². The third-order valence-electron chi connectivity index (χ3n) is 4.20. The number of para-hydroxylation sites is 1. The third kappa shape index (κ3) is 1.90. The molecule has 0 aromatic heterocycles. The Morgan fingerprint density at radius 1 is 1.24 bits per heavy atom. The van der Waals surface area contributed by atoms with Crippen LogP contribution in [0.4, 0.5) is 0 Å². The number of hydrogen-bond acceptors (Lipinski definition) is 2. The molecule has 1 aromatic carbocycles. The van der Waals surface area contributed by atoms with Gasteiger partial charge in [-0.05, 0) is 43.2 Å². The van der Waals surface area contributed by atoms with Crippen molar-refractivity contribution in [3.63, 3.8) is 0 Å². The molecule has 0 aliphatic heterocycles. The van der Waals surface area contributed by atoms with E-state index in [1.807, 2.05) is 0 Å². The van der Waals surface area contributed by atoms with Crippen molar-refractivity contribution in [1.29, 1.82) is 0 Å². The van der Waals surface area contributed by atoms with Gasteiger partial charge in [0, 0.05) is 6.04 Å². The van der Waals surface area contributed by atoms with E-state index in [0.717, 1.165) is 12.3 Å². The van der Waals surface area contributed by atoms with Crippen LogP contribution in [0.2, 0.25) is 0 Å². The van der Waals surface area contributed by atoms with Crippen LogP contribution in [0.25, 0.3) is 0 Å². The molecular weight excluding hydrogens is 214 g/mol. The van der Waals surface area contributed by atoms with Gasteiger partial charge in [-0.1, -0.05) is 18.6 Å². The summed E-state index contributed by atoms with van der Waals surface area (Å²) < 4.78 is 0. The topological polar surface area (TPSA) is 49.3 Å². The minimum absolute atomic E-state index is 0.0631. The van der Waals surface area contributed by atoms with Crippen molar-refractivity contribution >= 4 is 5.91 Å². The second-order valence-electron chi connectivity index (χ2n) is 5.27. The van der Waals surface area contributed by atoms with Crippen LogP contribution in [0.5, 0.6) is 5.75 Å². The van der Waals surface area contributed by atoms with Crippen LogP contribution in [0, 0.1) is 11.8 Å². The fourth-order valence-electron chi connectivity index (χ4n) is 3.33. The molecular formula is C14H17NO2. The van der Waals surface area contributed by atoms with Gasteiger partial charge in [0.1, 0.15) is 5.75 Å². The fourth-order valence-corrected chi connectivity index (χ4v) is 3.33. The van der Waals surface area contributed by atoms with Gasteiger partial charge in [0.2, 0.25) is 0 Å². The second-order valence-corrected chi connectivity index (χ2v) is 5.27. The van der Waals surface area contributed by atoms with E-state index < -0.39 is 0 Å².